The monoisotopic (exact) mass is 407 g/mol. The molecule has 3 aromatic carbocycles. The maximum Gasteiger partial charge on any atom is 0.214 e. The number of hydrogen-bond acceptors (Lipinski definition) is 3. The van der Waals surface area contributed by atoms with Gasteiger partial charge in [-0.2, -0.15) is 0 Å². The third kappa shape index (κ3) is 5.28. The van der Waals surface area contributed by atoms with Gasteiger partial charge in [0.1, 0.15) is 0 Å². The molecule has 142 valence electrons. The van der Waals surface area contributed by atoms with Crippen LogP contribution in [0.4, 0.5) is 0 Å². The van der Waals surface area contributed by atoms with Crippen LogP contribution in [-0.4, -0.2) is 12.5 Å². The Morgan fingerprint density at radius 3 is 2.39 bits per heavy atom. The molecule has 0 saturated heterocycles. The summed E-state index contributed by atoms with van der Waals surface area (Å²) >= 11 is 7.61. The van der Waals surface area contributed by atoms with Crippen LogP contribution in [0.3, 0.4) is 0 Å². The third-order valence-electron chi connectivity index (χ3n) is 4.15. The van der Waals surface area contributed by atoms with Gasteiger partial charge in [-0.1, -0.05) is 77.5 Å². The third-order valence-corrected chi connectivity index (χ3v) is 5.47. The van der Waals surface area contributed by atoms with Crippen LogP contribution >= 0.6 is 23.4 Å². The molecule has 0 radical (unpaired) electrons. The van der Waals surface area contributed by atoms with E-state index in [1.165, 1.54) is 5.56 Å². The molecule has 0 aliphatic rings. The Kier molecular flexibility index (Phi) is 6.96. The summed E-state index contributed by atoms with van der Waals surface area (Å²) in [7, 11) is 0. The lowest BCUT2D eigenvalue weighted by atomic mass is 10.1. The number of ether oxygens (including phenoxy) is 1. The van der Waals surface area contributed by atoms with Gasteiger partial charge in [0.15, 0.2) is 0 Å². The number of aryl methyl sites for hydroxylation is 1. The van der Waals surface area contributed by atoms with Crippen molar-refractivity contribution in [2.45, 2.75) is 23.6 Å². The zero-order chi connectivity index (χ0) is 19.9. The second-order valence-electron chi connectivity index (χ2n) is 6.28. The van der Waals surface area contributed by atoms with Gasteiger partial charge in [0, 0.05) is 14.8 Å². The summed E-state index contributed by atoms with van der Waals surface area (Å²) < 4.78 is 5.55. The van der Waals surface area contributed by atoms with E-state index in [0.29, 0.717) is 11.6 Å². The van der Waals surface area contributed by atoms with Gasteiger partial charge in [0.2, 0.25) is 5.90 Å². The predicted octanol–water partition coefficient (Wildman–Crippen LogP) is 7.33. The van der Waals surface area contributed by atoms with Crippen LogP contribution in [0.15, 0.2) is 76.5 Å². The Bertz CT molecular complexity index is 978. The zero-order valence-corrected chi connectivity index (χ0v) is 17.5. The smallest absolute Gasteiger partial charge is 0.214 e. The van der Waals surface area contributed by atoms with Crippen LogP contribution < -0.4 is 0 Å². The summed E-state index contributed by atoms with van der Waals surface area (Å²) in [6.45, 7) is 4.43. The molecule has 0 heterocycles. The van der Waals surface area contributed by atoms with Crippen molar-refractivity contribution >= 4 is 41.4 Å². The first-order valence-corrected chi connectivity index (χ1v) is 10.3. The first-order chi connectivity index (χ1) is 13.6. The van der Waals surface area contributed by atoms with Crippen molar-refractivity contribution in [1.82, 2.24) is 0 Å². The minimum absolute atomic E-state index is 0.188. The SMILES string of the molecule is CCOC(=N)c1c(C=Cc2ccc(Cl)cc2)cccc1Sc1ccc(C)cc1. The van der Waals surface area contributed by atoms with Gasteiger partial charge >= 0.3 is 0 Å². The number of nitrogens with one attached hydrogen (secondary N) is 1. The fourth-order valence-corrected chi connectivity index (χ4v) is 3.84. The lowest BCUT2D eigenvalue weighted by Crippen LogP contribution is -2.08. The molecule has 0 atom stereocenters. The zero-order valence-electron chi connectivity index (χ0n) is 15.9. The number of benzene rings is 3. The summed E-state index contributed by atoms with van der Waals surface area (Å²) in [5.41, 5.74) is 4.03. The molecule has 0 unspecified atom stereocenters. The molecule has 28 heavy (non-hydrogen) atoms. The summed E-state index contributed by atoms with van der Waals surface area (Å²) in [6, 6.07) is 22.1. The van der Waals surface area contributed by atoms with Gasteiger partial charge in [0.05, 0.1) is 12.2 Å². The molecule has 3 aromatic rings. The van der Waals surface area contributed by atoms with E-state index in [9.17, 15) is 0 Å². The van der Waals surface area contributed by atoms with E-state index in [1.54, 1.807) is 11.8 Å². The van der Waals surface area contributed by atoms with Gasteiger partial charge in [-0.25, -0.2) is 0 Å². The minimum atomic E-state index is 0.188. The van der Waals surface area contributed by atoms with Crippen LogP contribution in [0.25, 0.3) is 12.2 Å². The summed E-state index contributed by atoms with van der Waals surface area (Å²) in [4.78, 5) is 2.13. The molecule has 0 fully saturated rings. The van der Waals surface area contributed by atoms with Gasteiger partial charge < -0.3 is 4.74 Å². The average molecular weight is 408 g/mol. The lowest BCUT2D eigenvalue weighted by Gasteiger charge is -2.14. The second-order valence-corrected chi connectivity index (χ2v) is 7.83. The van der Waals surface area contributed by atoms with Crippen molar-refractivity contribution in [1.29, 1.82) is 5.41 Å². The Labute approximate surface area is 175 Å². The number of rotatable bonds is 6. The Balaban J connectivity index is 1.97. The van der Waals surface area contributed by atoms with Crippen molar-refractivity contribution in [3.8, 4) is 0 Å². The minimum Gasteiger partial charge on any atom is -0.478 e. The van der Waals surface area contributed by atoms with Crippen molar-refractivity contribution in [2.75, 3.05) is 6.61 Å². The molecule has 0 saturated carbocycles. The van der Waals surface area contributed by atoms with Crippen LogP contribution in [-0.2, 0) is 4.74 Å². The highest BCUT2D eigenvalue weighted by atomic mass is 35.5. The molecule has 3 rings (SSSR count). The molecule has 0 aromatic heterocycles. The Morgan fingerprint density at radius 2 is 1.71 bits per heavy atom. The quantitative estimate of drug-likeness (QED) is 0.263. The van der Waals surface area contributed by atoms with E-state index in [2.05, 4.69) is 31.2 Å². The van der Waals surface area contributed by atoms with Gasteiger partial charge in [-0.05, 0) is 55.3 Å². The fraction of sp³-hybridized carbons (Fsp3) is 0.125. The molecule has 0 bridgehead atoms. The van der Waals surface area contributed by atoms with Gasteiger partial charge in [0.25, 0.3) is 0 Å². The van der Waals surface area contributed by atoms with E-state index in [0.717, 1.165) is 26.5 Å². The van der Waals surface area contributed by atoms with Crippen LogP contribution in [0.1, 0.15) is 29.2 Å². The maximum absolute atomic E-state index is 8.44. The van der Waals surface area contributed by atoms with Crippen molar-refractivity contribution < 1.29 is 4.74 Å². The van der Waals surface area contributed by atoms with Gasteiger partial charge in [-0.15, -0.1) is 0 Å². The number of halogens is 1. The lowest BCUT2D eigenvalue weighted by molar-refractivity contribution is 0.325. The average Bonchev–Trinajstić information content (AvgIpc) is 2.69. The summed E-state index contributed by atoms with van der Waals surface area (Å²) in [5, 5.41) is 9.15. The molecule has 0 aliphatic carbocycles. The molecule has 0 spiro atoms. The van der Waals surface area contributed by atoms with Crippen molar-refractivity contribution in [3.63, 3.8) is 0 Å². The molecule has 1 N–H and O–H groups in total. The molecular formula is C24H22ClNOS. The standard InChI is InChI=1S/C24H22ClNOS/c1-3-27-24(26)23-19(12-9-18-10-13-20(25)14-11-18)5-4-6-22(23)28-21-15-7-17(2)8-16-21/h4-16,26H,3H2,1-2H3. The molecule has 2 nitrogen and oxygen atoms in total. The van der Waals surface area contributed by atoms with Crippen molar-refractivity contribution in [3.05, 3.63) is 94.0 Å². The first-order valence-electron chi connectivity index (χ1n) is 9.09. The largest absolute Gasteiger partial charge is 0.478 e. The van der Waals surface area contributed by atoms with Crippen LogP contribution in [0, 0.1) is 12.3 Å². The highest BCUT2D eigenvalue weighted by Gasteiger charge is 2.14. The fourth-order valence-electron chi connectivity index (χ4n) is 2.72. The molecule has 0 aliphatic heterocycles. The first kappa shape index (κ1) is 20.2. The highest BCUT2D eigenvalue weighted by molar-refractivity contribution is 7.99. The Morgan fingerprint density at radius 1 is 1.00 bits per heavy atom. The van der Waals surface area contributed by atoms with E-state index < -0.39 is 0 Å². The van der Waals surface area contributed by atoms with Crippen LogP contribution in [0.5, 0.6) is 0 Å². The topological polar surface area (TPSA) is 33.1 Å². The summed E-state index contributed by atoms with van der Waals surface area (Å²) in [5.74, 6) is 0.188. The predicted molar refractivity (Wildman–Crippen MR) is 121 cm³/mol. The van der Waals surface area contributed by atoms with Crippen molar-refractivity contribution in [2.24, 2.45) is 0 Å². The normalized spacial score (nSPS) is 11.0. The van der Waals surface area contributed by atoms with Gasteiger partial charge in [-0.3, -0.25) is 5.41 Å². The second kappa shape index (κ2) is 9.63. The molecule has 4 heteroatoms. The Hall–Kier alpha value is -2.49. The molecule has 0 amide bonds. The van der Waals surface area contributed by atoms with Crippen LogP contribution in [0.2, 0.25) is 5.02 Å². The van der Waals surface area contributed by atoms with E-state index in [4.69, 9.17) is 21.7 Å². The summed E-state index contributed by atoms with van der Waals surface area (Å²) in [6.07, 6.45) is 4.04. The maximum atomic E-state index is 8.44. The van der Waals surface area contributed by atoms with E-state index in [-0.39, 0.29) is 5.90 Å². The van der Waals surface area contributed by atoms with E-state index in [1.807, 2.05) is 61.5 Å². The highest BCUT2D eigenvalue weighted by Crippen LogP contribution is 2.33. The van der Waals surface area contributed by atoms with E-state index >= 15 is 0 Å². The number of hydrogen-bond donors (Lipinski definition) is 1. The molecular weight excluding hydrogens is 386 g/mol.